The van der Waals surface area contributed by atoms with Crippen LogP contribution in [0.4, 0.5) is 5.69 Å². The van der Waals surface area contributed by atoms with Crippen LogP contribution in [0, 0.1) is 0 Å². The highest BCUT2D eigenvalue weighted by atomic mass is 32.1. The molecule has 1 aromatic heterocycles. The summed E-state index contributed by atoms with van der Waals surface area (Å²) in [7, 11) is 0. The second-order valence-corrected chi connectivity index (χ2v) is 7.37. The fourth-order valence-corrected chi connectivity index (χ4v) is 4.26. The van der Waals surface area contributed by atoms with Crippen molar-refractivity contribution in [1.29, 1.82) is 0 Å². The summed E-state index contributed by atoms with van der Waals surface area (Å²) in [4.78, 5) is 4.88. The molecule has 0 amide bonds. The van der Waals surface area contributed by atoms with Crippen LogP contribution >= 0.6 is 11.3 Å². The Hall–Kier alpha value is -2.85. The van der Waals surface area contributed by atoms with Gasteiger partial charge in [0.2, 0.25) is 0 Å². The molecule has 128 valence electrons. The predicted octanol–water partition coefficient (Wildman–Crippen LogP) is 5.36. The van der Waals surface area contributed by atoms with E-state index in [0.29, 0.717) is 0 Å². The molecule has 26 heavy (non-hydrogen) atoms. The SMILES string of the molecule is c1ccc2c(Cc3nc(-c4ccc5c(c4)NCCO5)cs3)cccc2c1. The van der Waals surface area contributed by atoms with Crippen LogP contribution in [0.5, 0.6) is 5.75 Å². The monoisotopic (exact) mass is 358 g/mol. The van der Waals surface area contributed by atoms with Crippen molar-refractivity contribution in [3.8, 4) is 17.0 Å². The number of nitrogens with zero attached hydrogens (tertiary/aromatic N) is 1. The van der Waals surface area contributed by atoms with Crippen molar-refractivity contribution in [3.05, 3.63) is 76.6 Å². The summed E-state index contributed by atoms with van der Waals surface area (Å²) in [5.41, 5.74) is 4.53. The molecule has 0 radical (unpaired) electrons. The molecular weight excluding hydrogens is 340 g/mol. The van der Waals surface area contributed by atoms with Crippen molar-refractivity contribution in [2.24, 2.45) is 0 Å². The van der Waals surface area contributed by atoms with Crippen molar-refractivity contribution in [1.82, 2.24) is 4.98 Å². The van der Waals surface area contributed by atoms with Gasteiger partial charge in [-0.05, 0) is 34.5 Å². The third-order valence-electron chi connectivity index (χ3n) is 4.72. The van der Waals surface area contributed by atoms with E-state index in [1.165, 1.54) is 16.3 Å². The van der Waals surface area contributed by atoms with E-state index in [2.05, 4.69) is 65.3 Å². The summed E-state index contributed by atoms with van der Waals surface area (Å²) in [6, 6.07) is 21.3. The summed E-state index contributed by atoms with van der Waals surface area (Å²) in [5, 5.41) is 9.26. The molecule has 0 spiro atoms. The van der Waals surface area contributed by atoms with Crippen molar-refractivity contribution < 1.29 is 4.74 Å². The van der Waals surface area contributed by atoms with Crippen LogP contribution in [0.2, 0.25) is 0 Å². The first-order valence-corrected chi connectivity index (χ1v) is 9.67. The second kappa shape index (κ2) is 6.46. The zero-order valence-corrected chi connectivity index (χ0v) is 15.1. The number of ether oxygens (including phenoxy) is 1. The van der Waals surface area contributed by atoms with Gasteiger partial charge >= 0.3 is 0 Å². The standard InChI is InChI=1S/C22H18N2OS/c1-2-7-18-15(4-1)5-3-6-16(18)13-22-24-20(14-26-22)17-8-9-21-19(12-17)23-10-11-25-21/h1-9,12,14,23H,10-11,13H2. The molecular formula is C22H18N2OS. The van der Waals surface area contributed by atoms with Crippen LogP contribution in [0.25, 0.3) is 22.0 Å². The van der Waals surface area contributed by atoms with Gasteiger partial charge in [-0.3, -0.25) is 0 Å². The lowest BCUT2D eigenvalue weighted by Crippen LogP contribution is -2.17. The zero-order valence-electron chi connectivity index (χ0n) is 14.2. The van der Waals surface area contributed by atoms with E-state index in [-0.39, 0.29) is 0 Å². The Balaban J connectivity index is 1.45. The average Bonchev–Trinajstić information content (AvgIpc) is 3.16. The average molecular weight is 358 g/mol. The van der Waals surface area contributed by atoms with E-state index in [9.17, 15) is 0 Å². The fraction of sp³-hybridized carbons (Fsp3) is 0.136. The lowest BCUT2D eigenvalue weighted by Gasteiger charge is -2.19. The highest BCUT2D eigenvalue weighted by Crippen LogP contribution is 2.33. The van der Waals surface area contributed by atoms with Gasteiger partial charge in [-0.2, -0.15) is 0 Å². The minimum absolute atomic E-state index is 0.720. The lowest BCUT2D eigenvalue weighted by molar-refractivity contribution is 0.323. The molecule has 1 N–H and O–H groups in total. The molecule has 1 aliphatic heterocycles. The first-order valence-electron chi connectivity index (χ1n) is 8.79. The number of fused-ring (bicyclic) bond motifs is 2. The molecule has 4 heteroatoms. The van der Waals surface area contributed by atoms with E-state index in [0.717, 1.165) is 47.3 Å². The first-order chi connectivity index (χ1) is 12.9. The van der Waals surface area contributed by atoms with E-state index < -0.39 is 0 Å². The van der Waals surface area contributed by atoms with Crippen molar-refractivity contribution in [2.45, 2.75) is 6.42 Å². The summed E-state index contributed by atoms with van der Waals surface area (Å²) in [6.07, 6.45) is 0.859. The molecule has 1 aliphatic rings. The Kier molecular flexibility index (Phi) is 3.83. The van der Waals surface area contributed by atoms with Gasteiger partial charge in [0.15, 0.2) is 0 Å². The van der Waals surface area contributed by atoms with Crippen molar-refractivity contribution >= 4 is 27.8 Å². The van der Waals surface area contributed by atoms with Gasteiger partial charge in [-0.15, -0.1) is 11.3 Å². The van der Waals surface area contributed by atoms with Gasteiger partial charge < -0.3 is 10.1 Å². The molecule has 3 aromatic carbocycles. The van der Waals surface area contributed by atoms with Crippen molar-refractivity contribution in [3.63, 3.8) is 0 Å². The summed E-state index contributed by atoms with van der Waals surface area (Å²) in [6.45, 7) is 1.57. The van der Waals surface area contributed by atoms with Crippen molar-refractivity contribution in [2.75, 3.05) is 18.5 Å². The third kappa shape index (κ3) is 2.82. The van der Waals surface area contributed by atoms with Crippen LogP contribution in [0.15, 0.2) is 66.0 Å². The van der Waals surface area contributed by atoms with Crippen LogP contribution in [-0.4, -0.2) is 18.1 Å². The largest absolute Gasteiger partial charge is 0.490 e. The number of nitrogens with one attached hydrogen (secondary N) is 1. The lowest BCUT2D eigenvalue weighted by atomic mass is 10.0. The summed E-state index contributed by atoms with van der Waals surface area (Å²) >= 11 is 1.72. The molecule has 0 saturated heterocycles. The molecule has 0 fully saturated rings. The minimum Gasteiger partial charge on any atom is -0.490 e. The van der Waals surface area contributed by atoms with Gasteiger partial charge in [0, 0.05) is 23.9 Å². The number of aromatic nitrogens is 1. The number of benzene rings is 3. The fourth-order valence-electron chi connectivity index (χ4n) is 3.43. The number of hydrogen-bond acceptors (Lipinski definition) is 4. The minimum atomic E-state index is 0.720. The topological polar surface area (TPSA) is 34.2 Å². The van der Waals surface area contributed by atoms with Crippen LogP contribution in [-0.2, 0) is 6.42 Å². The maximum absolute atomic E-state index is 5.66. The second-order valence-electron chi connectivity index (χ2n) is 6.43. The molecule has 0 aliphatic carbocycles. The predicted molar refractivity (Wildman–Crippen MR) is 108 cm³/mol. The van der Waals surface area contributed by atoms with Crippen LogP contribution < -0.4 is 10.1 Å². The Bertz CT molecular complexity index is 1080. The van der Waals surface area contributed by atoms with Gasteiger partial charge in [0.1, 0.15) is 12.4 Å². The molecule has 0 bridgehead atoms. The summed E-state index contributed by atoms with van der Waals surface area (Å²) < 4.78 is 5.66. The Morgan fingerprint density at radius 2 is 1.96 bits per heavy atom. The maximum atomic E-state index is 5.66. The molecule has 3 nitrogen and oxygen atoms in total. The molecule has 2 heterocycles. The smallest absolute Gasteiger partial charge is 0.142 e. The maximum Gasteiger partial charge on any atom is 0.142 e. The van der Waals surface area contributed by atoms with Gasteiger partial charge in [-0.25, -0.2) is 4.98 Å². The molecule has 4 aromatic rings. The highest BCUT2D eigenvalue weighted by Gasteiger charge is 2.13. The van der Waals surface area contributed by atoms with E-state index in [4.69, 9.17) is 9.72 Å². The van der Waals surface area contributed by atoms with E-state index >= 15 is 0 Å². The normalized spacial score (nSPS) is 13.1. The van der Waals surface area contributed by atoms with Gasteiger partial charge in [0.25, 0.3) is 0 Å². The molecule has 0 saturated carbocycles. The van der Waals surface area contributed by atoms with Crippen LogP contribution in [0.3, 0.4) is 0 Å². The molecule has 0 unspecified atom stereocenters. The van der Waals surface area contributed by atoms with Gasteiger partial charge in [-0.1, -0.05) is 42.5 Å². The Labute approximate surface area is 156 Å². The Morgan fingerprint density at radius 3 is 2.96 bits per heavy atom. The summed E-state index contributed by atoms with van der Waals surface area (Å²) in [5.74, 6) is 0.922. The van der Waals surface area contributed by atoms with Crippen LogP contribution in [0.1, 0.15) is 10.6 Å². The quantitative estimate of drug-likeness (QED) is 0.535. The molecule has 0 atom stereocenters. The highest BCUT2D eigenvalue weighted by molar-refractivity contribution is 7.10. The first kappa shape index (κ1) is 15.4. The van der Waals surface area contributed by atoms with E-state index in [1.807, 2.05) is 6.07 Å². The molecule has 5 rings (SSSR count). The zero-order chi connectivity index (χ0) is 17.3. The van der Waals surface area contributed by atoms with E-state index in [1.54, 1.807) is 11.3 Å². The third-order valence-corrected chi connectivity index (χ3v) is 5.57. The number of anilines is 1. The number of thiazole rings is 1. The number of rotatable bonds is 3. The Morgan fingerprint density at radius 1 is 1.04 bits per heavy atom. The number of hydrogen-bond donors (Lipinski definition) is 1. The van der Waals surface area contributed by atoms with Gasteiger partial charge in [0.05, 0.1) is 16.4 Å².